The standard InChI is InChI=1S/C14H12O7S/c1-8-4-2-3-5-12(8)22(19,20)21-11-7-9(14(17)18)6-10(15)13(11)16/h2-7,15-16H,1H3,(H,17,18). The van der Waals surface area contributed by atoms with Crippen molar-refractivity contribution in [3.8, 4) is 17.2 Å². The van der Waals surface area contributed by atoms with Crippen molar-refractivity contribution in [3.63, 3.8) is 0 Å². The minimum absolute atomic E-state index is 0.130. The highest BCUT2D eigenvalue weighted by Gasteiger charge is 2.23. The molecule has 0 heterocycles. The van der Waals surface area contributed by atoms with E-state index in [1.54, 1.807) is 19.1 Å². The lowest BCUT2D eigenvalue weighted by molar-refractivity contribution is 0.0696. The summed E-state index contributed by atoms with van der Waals surface area (Å²) in [7, 11) is -4.29. The molecule has 8 heteroatoms. The molecule has 116 valence electrons. The molecule has 0 unspecified atom stereocenters. The van der Waals surface area contributed by atoms with Crippen LogP contribution in [0.2, 0.25) is 0 Å². The fourth-order valence-electron chi connectivity index (χ4n) is 1.78. The molecular weight excluding hydrogens is 312 g/mol. The van der Waals surface area contributed by atoms with Gasteiger partial charge in [0.15, 0.2) is 11.5 Å². The van der Waals surface area contributed by atoms with E-state index in [0.717, 1.165) is 12.1 Å². The second kappa shape index (κ2) is 5.57. The first-order valence-corrected chi connectivity index (χ1v) is 7.42. The molecule has 7 nitrogen and oxygen atoms in total. The summed E-state index contributed by atoms with van der Waals surface area (Å²) < 4.78 is 29.2. The van der Waals surface area contributed by atoms with Crippen LogP contribution in [-0.2, 0) is 10.1 Å². The maximum absolute atomic E-state index is 12.2. The van der Waals surface area contributed by atoms with Crippen LogP contribution in [0.1, 0.15) is 15.9 Å². The van der Waals surface area contributed by atoms with Crippen LogP contribution < -0.4 is 4.18 Å². The molecule has 0 atom stereocenters. The molecule has 0 amide bonds. The van der Waals surface area contributed by atoms with E-state index >= 15 is 0 Å². The lowest BCUT2D eigenvalue weighted by atomic mass is 10.2. The van der Waals surface area contributed by atoms with Crippen molar-refractivity contribution in [2.45, 2.75) is 11.8 Å². The number of carboxylic acid groups (broad SMARTS) is 1. The van der Waals surface area contributed by atoms with Gasteiger partial charge in [-0.1, -0.05) is 18.2 Å². The third-order valence-corrected chi connectivity index (χ3v) is 4.26. The largest absolute Gasteiger partial charge is 0.504 e. The molecule has 0 spiro atoms. The first kappa shape index (κ1) is 15.6. The second-order valence-corrected chi connectivity index (χ2v) is 5.96. The van der Waals surface area contributed by atoms with Crippen molar-refractivity contribution in [3.05, 3.63) is 47.5 Å². The highest BCUT2D eigenvalue weighted by Crippen LogP contribution is 2.38. The van der Waals surface area contributed by atoms with Crippen molar-refractivity contribution >= 4 is 16.1 Å². The van der Waals surface area contributed by atoms with Gasteiger partial charge >= 0.3 is 16.1 Å². The molecule has 0 aromatic heterocycles. The van der Waals surface area contributed by atoms with Gasteiger partial charge in [-0.2, -0.15) is 8.42 Å². The number of hydrogen-bond acceptors (Lipinski definition) is 6. The number of aromatic hydroxyl groups is 2. The quantitative estimate of drug-likeness (QED) is 0.580. The van der Waals surface area contributed by atoms with Gasteiger partial charge in [-0.05, 0) is 24.6 Å². The molecule has 0 aliphatic heterocycles. The fraction of sp³-hybridized carbons (Fsp3) is 0.0714. The summed E-state index contributed by atoms with van der Waals surface area (Å²) in [4.78, 5) is 10.8. The van der Waals surface area contributed by atoms with Crippen LogP contribution in [-0.4, -0.2) is 29.7 Å². The Morgan fingerprint density at radius 2 is 1.77 bits per heavy atom. The van der Waals surface area contributed by atoms with Crippen molar-refractivity contribution in [1.82, 2.24) is 0 Å². The lowest BCUT2D eigenvalue weighted by Crippen LogP contribution is -2.12. The molecule has 2 aromatic carbocycles. The van der Waals surface area contributed by atoms with Crippen LogP contribution in [0.5, 0.6) is 17.2 Å². The van der Waals surface area contributed by atoms with Gasteiger partial charge < -0.3 is 19.5 Å². The predicted octanol–water partition coefficient (Wildman–Crippen LogP) is 1.87. The van der Waals surface area contributed by atoms with Crippen LogP contribution in [0.15, 0.2) is 41.3 Å². The first-order chi connectivity index (χ1) is 10.2. The van der Waals surface area contributed by atoms with Gasteiger partial charge in [-0.3, -0.25) is 0 Å². The van der Waals surface area contributed by atoms with Crippen molar-refractivity contribution in [2.24, 2.45) is 0 Å². The van der Waals surface area contributed by atoms with E-state index in [1.165, 1.54) is 12.1 Å². The summed E-state index contributed by atoms with van der Waals surface area (Å²) in [6, 6.07) is 7.60. The SMILES string of the molecule is Cc1ccccc1S(=O)(=O)Oc1cc(C(=O)O)cc(O)c1O. The summed E-state index contributed by atoms with van der Waals surface area (Å²) in [5, 5.41) is 28.0. The van der Waals surface area contributed by atoms with Crippen LogP contribution >= 0.6 is 0 Å². The minimum Gasteiger partial charge on any atom is -0.504 e. The van der Waals surface area contributed by atoms with E-state index in [1.807, 2.05) is 0 Å². The Bertz CT molecular complexity index is 840. The van der Waals surface area contributed by atoms with Crippen LogP contribution in [0, 0.1) is 6.92 Å². The number of hydrogen-bond donors (Lipinski definition) is 3. The summed E-state index contributed by atoms with van der Waals surface area (Å²) in [5.41, 5.74) is -0.00844. The molecular formula is C14H12O7S. The first-order valence-electron chi connectivity index (χ1n) is 6.02. The van der Waals surface area contributed by atoms with Crippen molar-refractivity contribution in [1.29, 1.82) is 0 Å². The Hall–Kier alpha value is -2.74. The van der Waals surface area contributed by atoms with Crippen molar-refractivity contribution in [2.75, 3.05) is 0 Å². The zero-order valence-corrected chi connectivity index (χ0v) is 12.2. The van der Waals surface area contributed by atoms with E-state index in [9.17, 15) is 23.4 Å². The van der Waals surface area contributed by atoms with Crippen LogP contribution in [0.3, 0.4) is 0 Å². The number of benzene rings is 2. The molecule has 2 aromatic rings. The Balaban J connectivity index is 2.51. The molecule has 3 N–H and O–H groups in total. The number of aryl methyl sites for hydroxylation is 1. The topological polar surface area (TPSA) is 121 Å². The van der Waals surface area contributed by atoms with E-state index in [2.05, 4.69) is 0 Å². The molecule has 0 aliphatic rings. The average Bonchev–Trinajstić information content (AvgIpc) is 2.43. The van der Waals surface area contributed by atoms with E-state index in [-0.39, 0.29) is 4.90 Å². The molecule has 0 saturated carbocycles. The third-order valence-electron chi connectivity index (χ3n) is 2.86. The van der Waals surface area contributed by atoms with E-state index in [4.69, 9.17) is 9.29 Å². The van der Waals surface area contributed by atoms with Gasteiger partial charge in [0.1, 0.15) is 4.90 Å². The van der Waals surface area contributed by atoms with Gasteiger partial charge in [0, 0.05) is 6.07 Å². The highest BCUT2D eigenvalue weighted by molar-refractivity contribution is 7.87. The Kier molecular flexibility index (Phi) is 3.96. The smallest absolute Gasteiger partial charge is 0.339 e. The third kappa shape index (κ3) is 2.96. The summed E-state index contributed by atoms with van der Waals surface area (Å²) in [6.45, 7) is 1.56. The van der Waals surface area contributed by atoms with Gasteiger partial charge in [0.05, 0.1) is 5.56 Å². The van der Waals surface area contributed by atoms with Gasteiger partial charge in [-0.25, -0.2) is 4.79 Å². The number of phenolic OH excluding ortho intramolecular Hbond substituents is 2. The Labute approximate surface area is 126 Å². The molecule has 0 aliphatic carbocycles. The molecule has 0 radical (unpaired) electrons. The summed E-state index contributed by atoms with van der Waals surface area (Å²) in [6.07, 6.45) is 0. The number of rotatable bonds is 4. The maximum atomic E-state index is 12.2. The summed E-state index contributed by atoms with van der Waals surface area (Å²) in [5.74, 6) is -3.73. The number of carbonyl (C=O) groups is 1. The number of carboxylic acids is 1. The Morgan fingerprint density at radius 3 is 2.36 bits per heavy atom. The predicted molar refractivity (Wildman–Crippen MR) is 75.7 cm³/mol. The molecule has 22 heavy (non-hydrogen) atoms. The fourth-order valence-corrected chi connectivity index (χ4v) is 2.94. The second-order valence-electron chi connectivity index (χ2n) is 4.45. The van der Waals surface area contributed by atoms with Crippen molar-refractivity contribution < 1.29 is 32.7 Å². The van der Waals surface area contributed by atoms with Crippen LogP contribution in [0.25, 0.3) is 0 Å². The zero-order valence-electron chi connectivity index (χ0n) is 11.3. The van der Waals surface area contributed by atoms with Gasteiger partial charge in [0.2, 0.25) is 5.75 Å². The minimum atomic E-state index is -4.29. The van der Waals surface area contributed by atoms with E-state index in [0.29, 0.717) is 5.56 Å². The van der Waals surface area contributed by atoms with Gasteiger partial charge in [0.25, 0.3) is 0 Å². The molecule has 2 rings (SSSR count). The average molecular weight is 324 g/mol. The Morgan fingerprint density at radius 1 is 1.14 bits per heavy atom. The molecule has 0 saturated heterocycles. The van der Waals surface area contributed by atoms with Crippen LogP contribution in [0.4, 0.5) is 0 Å². The van der Waals surface area contributed by atoms with E-state index < -0.39 is 38.9 Å². The number of phenols is 2. The maximum Gasteiger partial charge on any atom is 0.339 e. The molecule has 0 bridgehead atoms. The highest BCUT2D eigenvalue weighted by atomic mass is 32.2. The monoisotopic (exact) mass is 324 g/mol. The summed E-state index contributed by atoms with van der Waals surface area (Å²) >= 11 is 0. The zero-order chi connectivity index (χ0) is 16.5. The number of aromatic carboxylic acids is 1. The lowest BCUT2D eigenvalue weighted by Gasteiger charge is -2.11. The molecule has 0 fully saturated rings. The normalized spacial score (nSPS) is 11.1. The van der Waals surface area contributed by atoms with Gasteiger partial charge in [-0.15, -0.1) is 0 Å².